The van der Waals surface area contributed by atoms with E-state index < -0.39 is 6.10 Å². The molecule has 4 nitrogen and oxygen atoms in total. The Morgan fingerprint density at radius 2 is 2.53 bits per heavy atom. The first kappa shape index (κ1) is 12.5. The van der Waals surface area contributed by atoms with Crippen LogP contribution in [0.3, 0.4) is 0 Å². The molecule has 1 rings (SSSR count). The van der Waals surface area contributed by atoms with E-state index >= 15 is 0 Å². The van der Waals surface area contributed by atoms with Crippen LogP contribution < -0.4 is 5.32 Å². The van der Waals surface area contributed by atoms with Gasteiger partial charge in [0.2, 0.25) is 0 Å². The Balaban J connectivity index is 1.92. The molecule has 2 atom stereocenters. The molecule has 0 amide bonds. The topological polar surface area (TPSA) is 50.7 Å². The lowest BCUT2D eigenvalue weighted by Crippen LogP contribution is -2.31. The second-order valence-corrected chi connectivity index (χ2v) is 3.66. The Morgan fingerprint density at radius 1 is 1.67 bits per heavy atom. The largest absolute Gasteiger partial charge is 0.389 e. The molecule has 1 saturated heterocycles. The van der Waals surface area contributed by atoms with Crippen molar-refractivity contribution < 1.29 is 14.6 Å². The molecule has 0 aliphatic carbocycles. The van der Waals surface area contributed by atoms with Gasteiger partial charge in [0.25, 0.3) is 0 Å². The van der Waals surface area contributed by atoms with Crippen molar-refractivity contribution in [2.24, 2.45) is 0 Å². The van der Waals surface area contributed by atoms with E-state index in [9.17, 15) is 5.11 Å². The minimum atomic E-state index is -0.500. The molecule has 1 aliphatic heterocycles. The van der Waals surface area contributed by atoms with E-state index in [0.717, 1.165) is 19.4 Å². The van der Waals surface area contributed by atoms with E-state index in [0.29, 0.717) is 26.3 Å². The summed E-state index contributed by atoms with van der Waals surface area (Å²) < 4.78 is 10.7. The summed E-state index contributed by atoms with van der Waals surface area (Å²) in [5.74, 6) is 2.44. The number of rotatable bonds is 7. The molecule has 2 unspecified atom stereocenters. The molecular formula is C11H19NO3. The maximum Gasteiger partial charge on any atom is 0.0898 e. The summed E-state index contributed by atoms with van der Waals surface area (Å²) in [6.45, 7) is 2.68. The molecule has 1 fully saturated rings. The normalized spacial score (nSPS) is 22.5. The van der Waals surface area contributed by atoms with Gasteiger partial charge in [-0.05, 0) is 12.8 Å². The molecule has 0 saturated carbocycles. The van der Waals surface area contributed by atoms with Crippen LogP contribution >= 0.6 is 0 Å². The van der Waals surface area contributed by atoms with Crippen molar-refractivity contribution in [1.29, 1.82) is 0 Å². The molecule has 4 heteroatoms. The van der Waals surface area contributed by atoms with E-state index in [2.05, 4.69) is 11.2 Å². The van der Waals surface area contributed by atoms with Gasteiger partial charge in [-0.15, -0.1) is 6.42 Å². The van der Waals surface area contributed by atoms with Gasteiger partial charge >= 0.3 is 0 Å². The second kappa shape index (κ2) is 7.66. The second-order valence-electron chi connectivity index (χ2n) is 3.66. The van der Waals surface area contributed by atoms with Crippen molar-refractivity contribution in [3.05, 3.63) is 0 Å². The van der Waals surface area contributed by atoms with Crippen LogP contribution in [0.15, 0.2) is 0 Å². The van der Waals surface area contributed by atoms with Crippen molar-refractivity contribution in [2.45, 2.75) is 25.0 Å². The Hall–Kier alpha value is -0.600. The SMILES string of the molecule is C#CCNCC(O)COCC1CCCO1. The van der Waals surface area contributed by atoms with Crippen molar-refractivity contribution in [2.75, 3.05) is 32.9 Å². The third-order valence-electron chi connectivity index (χ3n) is 2.24. The van der Waals surface area contributed by atoms with Gasteiger partial charge in [0, 0.05) is 13.2 Å². The number of ether oxygens (including phenoxy) is 2. The summed E-state index contributed by atoms with van der Waals surface area (Å²) in [6, 6.07) is 0. The van der Waals surface area contributed by atoms with Crippen LogP contribution in [0.2, 0.25) is 0 Å². The third kappa shape index (κ3) is 5.75. The number of nitrogens with one attached hydrogen (secondary N) is 1. The highest BCUT2D eigenvalue weighted by atomic mass is 16.5. The van der Waals surface area contributed by atoms with Crippen LogP contribution in [0, 0.1) is 12.3 Å². The molecule has 1 heterocycles. The Bertz CT molecular complexity index is 196. The van der Waals surface area contributed by atoms with Gasteiger partial charge in [-0.2, -0.15) is 0 Å². The summed E-state index contributed by atoms with van der Waals surface area (Å²) in [6.07, 6.45) is 6.95. The molecule has 0 radical (unpaired) electrons. The third-order valence-corrected chi connectivity index (χ3v) is 2.24. The number of aliphatic hydroxyl groups is 1. The zero-order chi connectivity index (χ0) is 10.9. The van der Waals surface area contributed by atoms with Crippen LogP contribution in [-0.4, -0.2) is 50.2 Å². The summed E-state index contributed by atoms with van der Waals surface area (Å²) >= 11 is 0. The first-order valence-corrected chi connectivity index (χ1v) is 5.34. The van der Waals surface area contributed by atoms with Gasteiger partial charge in [-0.1, -0.05) is 5.92 Å². The van der Waals surface area contributed by atoms with Gasteiger partial charge in [0.05, 0.1) is 32.0 Å². The monoisotopic (exact) mass is 213 g/mol. The van der Waals surface area contributed by atoms with Crippen molar-refractivity contribution in [1.82, 2.24) is 5.32 Å². The van der Waals surface area contributed by atoms with Crippen LogP contribution in [0.1, 0.15) is 12.8 Å². The van der Waals surface area contributed by atoms with Crippen LogP contribution in [-0.2, 0) is 9.47 Å². The summed E-state index contributed by atoms with van der Waals surface area (Å²) in [5.41, 5.74) is 0. The molecule has 0 spiro atoms. The van der Waals surface area contributed by atoms with E-state index in [1.165, 1.54) is 0 Å². The van der Waals surface area contributed by atoms with E-state index in [4.69, 9.17) is 15.9 Å². The van der Waals surface area contributed by atoms with E-state index in [1.807, 2.05) is 0 Å². The first-order valence-electron chi connectivity index (χ1n) is 5.34. The highest BCUT2D eigenvalue weighted by Crippen LogP contribution is 2.11. The fourth-order valence-corrected chi connectivity index (χ4v) is 1.48. The Kier molecular flexibility index (Phi) is 6.37. The van der Waals surface area contributed by atoms with Crippen molar-refractivity contribution in [3.63, 3.8) is 0 Å². The zero-order valence-electron chi connectivity index (χ0n) is 8.95. The van der Waals surface area contributed by atoms with Gasteiger partial charge in [-0.25, -0.2) is 0 Å². The Labute approximate surface area is 91.0 Å². The summed E-state index contributed by atoms with van der Waals surface area (Å²) in [4.78, 5) is 0. The lowest BCUT2D eigenvalue weighted by atomic mass is 10.2. The van der Waals surface area contributed by atoms with E-state index in [1.54, 1.807) is 0 Å². The molecule has 0 bridgehead atoms. The predicted octanol–water partition coefficient (Wildman–Crippen LogP) is -0.234. The molecule has 2 N–H and O–H groups in total. The van der Waals surface area contributed by atoms with Gasteiger partial charge in [0.1, 0.15) is 0 Å². The Morgan fingerprint density at radius 3 is 3.20 bits per heavy atom. The molecule has 0 aromatic rings. The highest BCUT2D eigenvalue weighted by molar-refractivity contribution is 4.86. The molecule has 15 heavy (non-hydrogen) atoms. The average molecular weight is 213 g/mol. The number of hydrogen-bond acceptors (Lipinski definition) is 4. The molecule has 0 aromatic heterocycles. The quantitative estimate of drug-likeness (QED) is 0.453. The lowest BCUT2D eigenvalue weighted by Gasteiger charge is -2.13. The van der Waals surface area contributed by atoms with Crippen LogP contribution in [0.25, 0.3) is 0 Å². The summed E-state index contributed by atoms with van der Waals surface area (Å²) in [5, 5.41) is 12.4. The fourth-order valence-electron chi connectivity index (χ4n) is 1.48. The predicted molar refractivity (Wildman–Crippen MR) is 57.5 cm³/mol. The van der Waals surface area contributed by atoms with Crippen LogP contribution in [0.5, 0.6) is 0 Å². The minimum Gasteiger partial charge on any atom is -0.389 e. The van der Waals surface area contributed by atoms with Crippen LogP contribution in [0.4, 0.5) is 0 Å². The fraction of sp³-hybridized carbons (Fsp3) is 0.818. The van der Waals surface area contributed by atoms with E-state index in [-0.39, 0.29) is 6.10 Å². The zero-order valence-corrected chi connectivity index (χ0v) is 8.95. The smallest absolute Gasteiger partial charge is 0.0898 e. The van der Waals surface area contributed by atoms with Gasteiger partial charge in [-0.3, -0.25) is 0 Å². The molecule has 0 aromatic carbocycles. The maximum absolute atomic E-state index is 9.45. The van der Waals surface area contributed by atoms with Gasteiger partial charge < -0.3 is 19.9 Å². The van der Waals surface area contributed by atoms with Gasteiger partial charge in [0.15, 0.2) is 0 Å². The first-order chi connectivity index (χ1) is 7.33. The standard InChI is InChI=1S/C11H19NO3/c1-2-5-12-7-10(13)8-14-9-11-4-3-6-15-11/h1,10-13H,3-9H2. The molecular weight excluding hydrogens is 194 g/mol. The molecule has 1 aliphatic rings. The van der Waals surface area contributed by atoms with Crippen molar-refractivity contribution in [3.8, 4) is 12.3 Å². The average Bonchev–Trinajstić information content (AvgIpc) is 2.71. The number of terminal acetylenes is 1. The molecule has 86 valence electrons. The summed E-state index contributed by atoms with van der Waals surface area (Å²) in [7, 11) is 0. The number of hydrogen-bond donors (Lipinski definition) is 2. The highest BCUT2D eigenvalue weighted by Gasteiger charge is 2.15. The maximum atomic E-state index is 9.45. The number of aliphatic hydroxyl groups excluding tert-OH is 1. The lowest BCUT2D eigenvalue weighted by molar-refractivity contribution is -0.0162. The van der Waals surface area contributed by atoms with Crippen molar-refractivity contribution >= 4 is 0 Å². The minimum absolute atomic E-state index is 0.218.